The number of thioether (sulfide) groups is 1. The second-order valence-electron chi connectivity index (χ2n) is 3.64. The minimum absolute atomic E-state index is 0.128. The van der Waals surface area contributed by atoms with E-state index < -0.39 is 5.25 Å². The fourth-order valence-corrected chi connectivity index (χ4v) is 3.07. The molecule has 2 amide bonds. The number of carbonyl (C=O) groups is 2. The average molecular weight is 392 g/mol. The van der Waals surface area contributed by atoms with Crippen LogP contribution in [0.4, 0.5) is 5.69 Å². The van der Waals surface area contributed by atoms with Gasteiger partial charge in [-0.25, -0.2) is 0 Å². The number of anilines is 1. The Balaban J connectivity index is 1.91. The van der Waals surface area contributed by atoms with Gasteiger partial charge in [-0.2, -0.15) is 0 Å². The van der Waals surface area contributed by atoms with Crippen molar-refractivity contribution in [3.05, 3.63) is 27.8 Å². The van der Waals surface area contributed by atoms with Gasteiger partial charge >= 0.3 is 0 Å². The molecule has 0 unspecified atom stereocenters. The van der Waals surface area contributed by atoms with E-state index in [4.69, 9.17) is 12.2 Å². The average Bonchev–Trinajstić information content (AvgIpc) is 2.61. The Kier molecular flexibility index (Phi) is 4.57. The molecule has 7 heteroatoms. The molecule has 0 aromatic heterocycles. The lowest BCUT2D eigenvalue weighted by molar-refractivity contribution is -0.122. The number of rotatable bonds is 3. The van der Waals surface area contributed by atoms with E-state index in [1.165, 1.54) is 11.8 Å². The molecule has 94 valence electrons. The van der Waals surface area contributed by atoms with Crippen LogP contribution in [0.3, 0.4) is 0 Å². The van der Waals surface area contributed by atoms with Crippen molar-refractivity contribution in [2.24, 2.45) is 0 Å². The van der Waals surface area contributed by atoms with E-state index in [9.17, 15) is 9.59 Å². The van der Waals surface area contributed by atoms with Crippen LogP contribution in [0.15, 0.2) is 24.3 Å². The summed E-state index contributed by atoms with van der Waals surface area (Å²) in [6, 6.07) is 7.46. The third-order valence-electron chi connectivity index (χ3n) is 2.27. The normalized spacial score (nSPS) is 18.6. The highest BCUT2D eigenvalue weighted by molar-refractivity contribution is 14.1. The Bertz CT molecular complexity index is 504. The first-order chi connectivity index (χ1) is 8.54. The number of hydrogen-bond acceptors (Lipinski definition) is 4. The Labute approximate surface area is 127 Å². The minimum atomic E-state index is -0.415. The molecule has 18 heavy (non-hydrogen) atoms. The fraction of sp³-hybridized carbons (Fsp3) is 0.182. The summed E-state index contributed by atoms with van der Waals surface area (Å²) in [5.74, 6) is -0.378. The van der Waals surface area contributed by atoms with Gasteiger partial charge in [0.1, 0.15) is 4.32 Å². The number of hydrogen-bond donors (Lipinski definition) is 2. The van der Waals surface area contributed by atoms with Crippen molar-refractivity contribution in [1.29, 1.82) is 0 Å². The van der Waals surface area contributed by atoms with Crippen molar-refractivity contribution in [3.8, 4) is 0 Å². The van der Waals surface area contributed by atoms with Gasteiger partial charge in [0.25, 0.3) is 0 Å². The lowest BCUT2D eigenvalue weighted by Gasteiger charge is -2.07. The van der Waals surface area contributed by atoms with Crippen molar-refractivity contribution in [1.82, 2.24) is 5.32 Å². The van der Waals surface area contributed by atoms with Gasteiger partial charge in [0, 0.05) is 15.7 Å². The summed E-state index contributed by atoms with van der Waals surface area (Å²) < 4.78 is 1.54. The van der Waals surface area contributed by atoms with Crippen molar-refractivity contribution in [2.45, 2.75) is 11.7 Å². The largest absolute Gasteiger partial charge is 0.326 e. The number of halogens is 1. The molecule has 1 fully saturated rings. The molecule has 1 aliphatic rings. The fourth-order valence-electron chi connectivity index (χ4n) is 1.44. The number of benzene rings is 1. The molecule has 1 aromatic carbocycles. The Morgan fingerprint density at radius 3 is 2.67 bits per heavy atom. The maximum absolute atomic E-state index is 11.8. The van der Waals surface area contributed by atoms with Crippen molar-refractivity contribution >= 4 is 68.4 Å². The molecule has 1 atom stereocenters. The number of carbonyl (C=O) groups excluding carboxylic acids is 2. The van der Waals surface area contributed by atoms with Crippen molar-refractivity contribution < 1.29 is 9.59 Å². The van der Waals surface area contributed by atoms with Crippen LogP contribution in [0.25, 0.3) is 0 Å². The van der Waals surface area contributed by atoms with E-state index in [2.05, 4.69) is 33.2 Å². The molecule has 0 radical (unpaired) electrons. The highest BCUT2D eigenvalue weighted by Gasteiger charge is 2.30. The standard InChI is InChI=1S/C11H9IN2O2S2/c12-6-1-3-7(4-2-6)13-9(15)5-8-10(16)14-11(17)18-8/h1-4,8H,5H2,(H,13,15)(H,14,16,17)/t8-/m1/s1. The van der Waals surface area contributed by atoms with Gasteiger partial charge < -0.3 is 10.6 Å². The topological polar surface area (TPSA) is 58.2 Å². The third-order valence-corrected chi connectivity index (χ3v) is 4.36. The molecule has 0 saturated carbocycles. The molecule has 1 aromatic rings. The lowest BCUT2D eigenvalue weighted by Crippen LogP contribution is -2.27. The molecule has 2 rings (SSSR count). The maximum atomic E-state index is 11.8. The summed E-state index contributed by atoms with van der Waals surface area (Å²) in [4.78, 5) is 23.2. The summed E-state index contributed by atoms with van der Waals surface area (Å²) >= 11 is 8.28. The van der Waals surface area contributed by atoms with E-state index >= 15 is 0 Å². The zero-order valence-electron chi connectivity index (χ0n) is 9.10. The summed E-state index contributed by atoms with van der Waals surface area (Å²) in [5.41, 5.74) is 0.728. The van der Waals surface area contributed by atoms with Crippen molar-refractivity contribution in [3.63, 3.8) is 0 Å². The minimum Gasteiger partial charge on any atom is -0.326 e. The van der Waals surface area contributed by atoms with Gasteiger partial charge in [0.2, 0.25) is 11.8 Å². The first-order valence-electron chi connectivity index (χ1n) is 5.11. The molecule has 1 heterocycles. The smallest absolute Gasteiger partial charge is 0.239 e. The second kappa shape index (κ2) is 5.98. The number of amides is 2. The maximum Gasteiger partial charge on any atom is 0.239 e. The quantitative estimate of drug-likeness (QED) is 0.612. The van der Waals surface area contributed by atoms with Crippen LogP contribution in [-0.2, 0) is 9.59 Å². The van der Waals surface area contributed by atoms with E-state index in [1.54, 1.807) is 0 Å². The monoisotopic (exact) mass is 392 g/mol. The summed E-state index contributed by atoms with van der Waals surface area (Å²) in [6.45, 7) is 0. The van der Waals surface area contributed by atoms with Gasteiger partial charge in [-0.05, 0) is 46.9 Å². The summed E-state index contributed by atoms with van der Waals surface area (Å²) in [5, 5.41) is 4.86. The van der Waals surface area contributed by atoms with Gasteiger partial charge in [-0.1, -0.05) is 24.0 Å². The summed E-state index contributed by atoms with van der Waals surface area (Å²) in [7, 11) is 0. The molecular weight excluding hydrogens is 383 g/mol. The number of nitrogens with one attached hydrogen (secondary N) is 2. The Morgan fingerprint density at radius 2 is 2.11 bits per heavy atom. The van der Waals surface area contributed by atoms with Crippen LogP contribution < -0.4 is 10.6 Å². The molecule has 2 N–H and O–H groups in total. The van der Waals surface area contributed by atoms with Gasteiger partial charge in [-0.15, -0.1) is 0 Å². The van der Waals surface area contributed by atoms with Gasteiger partial charge in [0.15, 0.2) is 0 Å². The predicted molar refractivity (Wildman–Crippen MR) is 84.5 cm³/mol. The molecule has 0 aliphatic carbocycles. The van der Waals surface area contributed by atoms with E-state index in [1.807, 2.05) is 24.3 Å². The molecule has 0 spiro atoms. The van der Waals surface area contributed by atoms with Gasteiger partial charge in [0.05, 0.1) is 5.25 Å². The third kappa shape index (κ3) is 3.66. The second-order valence-corrected chi connectivity index (χ2v) is 6.77. The number of thiocarbonyl (C=S) groups is 1. The summed E-state index contributed by atoms with van der Waals surface area (Å²) in [6.07, 6.45) is 0.128. The van der Waals surface area contributed by atoms with Crippen LogP contribution in [0, 0.1) is 3.57 Å². The molecule has 1 aliphatic heterocycles. The Morgan fingerprint density at radius 1 is 1.44 bits per heavy atom. The molecular formula is C11H9IN2O2S2. The van der Waals surface area contributed by atoms with E-state index in [0.29, 0.717) is 4.32 Å². The van der Waals surface area contributed by atoms with E-state index in [-0.39, 0.29) is 18.2 Å². The molecule has 1 saturated heterocycles. The SMILES string of the molecule is O=C(C[C@H]1SC(=S)NC1=O)Nc1ccc(I)cc1. The lowest BCUT2D eigenvalue weighted by atomic mass is 10.2. The zero-order valence-corrected chi connectivity index (χ0v) is 12.9. The highest BCUT2D eigenvalue weighted by atomic mass is 127. The van der Waals surface area contributed by atoms with Crippen LogP contribution in [0.2, 0.25) is 0 Å². The first-order valence-corrected chi connectivity index (χ1v) is 7.48. The molecule has 4 nitrogen and oxygen atoms in total. The van der Waals surface area contributed by atoms with Crippen molar-refractivity contribution in [2.75, 3.05) is 5.32 Å². The van der Waals surface area contributed by atoms with Gasteiger partial charge in [-0.3, -0.25) is 9.59 Å². The zero-order chi connectivity index (χ0) is 13.1. The Hall–Kier alpha value is -0.670. The molecule has 0 bridgehead atoms. The van der Waals surface area contributed by atoms with Crippen LogP contribution in [0.1, 0.15) is 6.42 Å². The predicted octanol–water partition coefficient (Wildman–Crippen LogP) is 2.14. The van der Waals surface area contributed by atoms with E-state index in [0.717, 1.165) is 9.26 Å². The highest BCUT2D eigenvalue weighted by Crippen LogP contribution is 2.22. The first kappa shape index (κ1) is 13.8. The van der Waals surface area contributed by atoms with Crippen LogP contribution in [-0.4, -0.2) is 21.4 Å². The van der Waals surface area contributed by atoms with Crippen LogP contribution >= 0.6 is 46.6 Å². The van der Waals surface area contributed by atoms with Crippen LogP contribution in [0.5, 0.6) is 0 Å².